The topological polar surface area (TPSA) is 47.6 Å². The van der Waals surface area contributed by atoms with Crippen LogP contribution in [0.1, 0.15) is 21.5 Å². The number of aryl methyl sites for hydroxylation is 1. The Kier molecular flexibility index (Phi) is 4.20. The number of hydrogen-bond acceptors (Lipinski definition) is 3. The maximum absolute atomic E-state index is 12.1. The molecule has 2 aromatic carbocycles. The Morgan fingerprint density at radius 2 is 1.91 bits per heavy atom. The smallest absolute Gasteiger partial charge is 0.251 e. The minimum Gasteiger partial charge on any atom is -0.486 e. The average molecular weight is 318 g/mol. The van der Waals surface area contributed by atoms with Gasteiger partial charge in [-0.25, -0.2) is 0 Å². The van der Waals surface area contributed by atoms with Gasteiger partial charge in [-0.3, -0.25) is 4.79 Å². The van der Waals surface area contributed by atoms with Gasteiger partial charge in [-0.05, 0) is 48.4 Å². The fourth-order valence-electron chi connectivity index (χ4n) is 2.33. The molecule has 0 aromatic heterocycles. The first-order valence-corrected chi connectivity index (χ1v) is 7.44. The predicted molar refractivity (Wildman–Crippen MR) is 84.8 cm³/mol. The molecule has 0 saturated heterocycles. The molecule has 1 aliphatic rings. The zero-order chi connectivity index (χ0) is 15.5. The molecule has 114 valence electrons. The van der Waals surface area contributed by atoms with Gasteiger partial charge in [-0.2, -0.15) is 0 Å². The first-order valence-electron chi connectivity index (χ1n) is 7.06. The molecule has 1 N–H and O–H groups in total. The molecule has 0 radical (unpaired) electrons. The van der Waals surface area contributed by atoms with Gasteiger partial charge in [-0.1, -0.05) is 17.7 Å². The Morgan fingerprint density at radius 3 is 2.64 bits per heavy atom. The molecule has 0 atom stereocenters. The normalized spacial score (nSPS) is 12.8. The minimum absolute atomic E-state index is 0.156. The maximum Gasteiger partial charge on any atom is 0.251 e. The van der Waals surface area contributed by atoms with Crippen LogP contribution in [0.2, 0.25) is 5.02 Å². The molecule has 22 heavy (non-hydrogen) atoms. The van der Waals surface area contributed by atoms with Crippen molar-refractivity contribution in [3.8, 4) is 11.5 Å². The van der Waals surface area contributed by atoms with Crippen LogP contribution in [0, 0.1) is 6.92 Å². The zero-order valence-electron chi connectivity index (χ0n) is 12.2. The van der Waals surface area contributed by atoms with Crippen LogP contribution in [-0.4, -0.2) is 19.1 Å². The molecule has 5 heteroatoms. The summed E-state index contributed by atoms with van der Waals surface area (Å²) in [5.74, 6) is 1.33. The highest BCUT2D eigenvalue weighted by atomic mass is 35.5. The van der Waals surface area contributed by atoms with Gasteiger partial charge in [-0.15, -0.1) is 0 Å². The van der Waals surface area contributed by atoms with E-state index in [0.29, 0.717) is 30.3 Å². The van der Waals surface area contributed by atoms with Gasteiger partial charge in [0.25, 0.3) is 5.91 Å². The van der Waals surface area contributed by atoms with Crippen LogP contribution in [0.15, 0.2) is 36.4 Å². The van der Waals surface area contributed by atoms with Crippen LogP contribution < -0.4 is 14.8 Å². The molecule has 4 nitrogen and oxygen atoms in total. The number of rotatable bonds is 3. The Balaban J connectivity index is 1.72. The summed E-state index contributed by atoms with van der Waals surface area (Å²) in [7, 11) is 0. The van der Waals surface area contributed by atoms with E-state index in [1.165, 1.54) is 0 Å². The number of amides is 1. The van der Waals surface area contributed by atoms with Gasteiger partial charge in [0.2, 0.25) is 0 Å². The fraction of sp³-hybridized carbons (Fsp3) is 0.235. The molecule has 3 rings (SSSR count). The van der Waals surface area contributed by atoms with E-state index in [1.54, 1.807) is 24.3 Å². The van der Waals surface area contributed by atoms with Crippen molar-refractivity contribution < 1.29 is 14.3 Å². The van der Waals surface area contributed by atoms with Crippen LogP contribution in [0.4, 0.5) is 0 Å². The second kappa shape index (κ2) is 6.28. The number of carbonyl (C=O) groups is 1. The third-order valence-electron chi connectivity index (χ3n) is 3.53. The largest absolute Gasteiger partial charge is 0.486 e. The van der Waals surface area contributed by atoms with Crippen LogP contribution in [0.25, 0.3) is 0 Å². The van der Waals surface area contributed by atoms with E-state index < -0.39 is 0 Å². The standard InChI is InChI=1S/C17H16ClNO3/c1-11-7-15-16(22-6-5-21-15)9-13(11)10-19-17(20)12-3-2-4-14(18)8-12/h2-4,7-9H,5-6,10H2,1H3,(H,19,20). The summed E-state index contributed by atoms with van der Waals surface area (Å²) < 4.78 is 11.1. The molecule has 1 amide bonds. The van der Waals surface area contributed by atoms with E-state index in [4.69, 9.17) is 21.1 Å². The second-order valence-corrected chi connectivity index (χ2v) is 5.55. The lowest BCUT2D eigenvalue weighted by atomic mass is 10.1. The zero-order valence-corrected chi connectivity index (χ0v) is 12.9. The van der Waals surface area contributed by atoms with Crippen molar-refractivity contribution >= 4 is 17.5 Å². The van der Waals surface area contributed by atoms with E-state index in [0.717, 1.165) is 22.6 Å². The van der Waals surface area contributed by atoms with Crippen molar-refractivity contribution in [2.75, 3.05) is 13.2 Å². The van der Waals surface area contributed by atoms with Gasteiger partial charge in [0, 0.05) is 17.1 Å². The maximum atomic E-state index is 12.1. The molecular weight excluding hydrogens is 302 g/mol. The van der Waals surface area contributed by atoms with Crippen molar-refractivity contribution in [1.82, 2.24) is 5.32 Å². The SMILES string of the molecule is Cc1cc2c(cc1CNC(=O)c1cccc(Cl)c1)OCCO2. The number of halogens is 1. The summed E-state index contributed by atoms with van der Waals surface area (Å²) >= 11 is 5.90. The Hall–Kier alpha value is -2.20. The van der Waals surface area contributed by atoms with E-state index in [2.05, 4.69) is 5.32 Å². The molecular formula is C17H16ClNO3. The summed E-state index contributed by atoms with van der Waals surface area (Å²) in [6.07, 6.45) is 0. The highest BCUT2D eigenvalue weighted by Gasteiger charge is 2.14. The summed E-state index contributed by atoms with van der Waals surface area (Å²) in [6, 6.07) is 10.7. The number of benzene rings is 2. The molecule has 0 saturated carbocycles. The van der Waals surface area contributed by atoms with E-state index in [1.807, 2.05) is 19.1 Å². The summed E-state index contributed by atoms with van der Waals surface area (Å²) in [6.45, 7) is 3.52. The van der Waals surface area contributed by atoms with Crippen LogP contribution in [0.5, 0.6) is 11.5 Å². The monoisotopic (exact) mass is 317 g/mol. The first kappa shape index (κ1) is 14.7. The van der Waals surface area contributed by atoms with E-state index in [9.17, 15) is 4.79 Å². The lowest BCUT2D eigenvalue weighted by Gasteiger charge is -2.20. The van der Waals surface area contributed by atoms with Crippen LogP contribution >= 0.6 is 11.6 Å². The van der Waals surface area contributed by atoms with Crippen molar-refractivity contribution in [3.63, 3.8) is 0 Å². The molecule has 2 aromatic rings. The highest BCUT2D eigenvalue weighted by molar-refractivity contribution is 6.30. The predicted octanol–water partition coefficient (Wildman–Crippen LogP) is 3.35. The third kappa shape index (κ3) is 3.17. The Bertz CT molecular complexity index is 715. The molecule has 1 aliphatic heterocycles. The molecule has 0 bridgehead atoms. The van der Waals surface area contributed by atoms with Gasteiger partial charge in [0.1, 0.15) is 13.2 Å². The lowest BCUT2D eigenvalue weighted by molar-refractivity contribution is 0.0950. The quantitative estimate of drug-likeness (QED) is 0.944. The summed E-state index contributed by atoms with van der Waals surface area (Å²) in [5, 5.41) is 3.44. The van der Waals surface area contributed by atoms with Gasteiger partial charge in [0.05, 0.1) is 0 Å². The molecule has 1 heterocycles. The van der Waals surface area contributed by atoms with Crippen molar-refractivity contribution in [2.24, 2.45) is 0 Å². The molecule has 0 spiro atoms. The Labute approximate surface area is 134 Å². The number of hydrogen-bond donors (Lipinski definition) is 1. The highest BCUT2D eigenvalue weighted by Crippen LogP contribution is 2.32. The minimum atomic E-state index is -0.156. The fourth-order valence-corrected chi connectivity index (χ4v) is 2.52. The van der Waals surface area contributed by atoms with Crippen molar-refractivity contribution in [2.45, 2.75) is 13.5 Å². The van der Waals surface area contributed by atoms with Crippen LogP contribution in [-0.2, 0) is 6.54 Å². The third-order valence-corrected chi connectivity index (χ3v) is 3.76. The molecule has 0 unspecified atom stereocenters. The number of fused-ring (bicyclic) bond motifs is 1. The first-order chi connectivity index (χ1) is 10.6. The van der Waals surface area contributed by atoms with Crippen molar-refractivity contribution in [1.29, 1.82) is 0 Å². The van der Waals surface area contributed by atoms with E-state index >= 15 is 0 Å². The van der Waals surface area contributed by atoms with Crippen molar-refractivity contribution in [3.05, 3.63) is 58.1 Å². The summed E-state index contributed by atoms with van der Waals surface area (Å²) in [5.41, 5.74) is 2.60. The molecule has 0 fully saturated rings. The second-order valence-electron chi connectivity index (χ2n) is 5.12. The number of carbonyl (C=O) groups excluding carboxylic acids is 1. The van der Waals surface area contributed by atoms with Crippen LogP contribution in [0.3, 0.4) is 0 Å². The average Bonchev–Trinajstić information content (AvgIpc) is 2.52. The number of ether oxygens (including phenoxy) is 2. The van der Waals surface area contributed by atoms with E-state index in [-0.39, 0.29) is 5.91 Å². The number of nitrogens with one attached hydrogen (secondary N) is 1. The molecule has 0 aliphatic carbocycles. The van der Waals surface area contributed by atoms with Gasteiger partial charge >= 0.3 is 0 Å². The van der Waals surface area contributed by atoms with Gasteiger partial charge in [0.15, 0.2) is 11.5 Å². The Morgan fingerprint density at radius 1 is 1.18 bits per heavy atom. The lowest BCUT2D eigenvalue weighted by Crippen LogP contribution is -2.23. The summed E-state index contributed by atoms with van der Waals surface area (Å²) in [4.78, 5) is 12.1. The van der Waals surface area contributed by atoms with Gasteiger partial charge < -0.3 is 14.8 Å².